The lowest BCUT2D eigenvalue weighted by molar-refractivity contribution is -0.139. The smallest absolute Gasteiger partial charge is 0.356 e. The summed E-state index contributed by atoms with van der Waals surface area (Å²) in [6.45, 7) is 3.55. The third-order valence-electron chi connectivity index (χ3n) is 5.91. The van der Waals surface area contributed by atoms with Crippen molar-refractivity contribution in [3.63, 3.8) is 0 Å². The fourth-order valence-electron chi connectivity index (χ4n) is 4.29. The van der Waals surface area contributed by atoms with E-state index in [4.69, 9.17) is 4.74 Å². The number of aromatic amines is 1. The lowest BCUT2D eigenvalue weighted by Crippen LogP contribution is -2.19. The number of halogens is 8. The Hall–Kier alpha value is -2.12. The van der Waals surface area contributed by atoms with Crippen LogP contribution in [0.1, 0.15) is 47.7 Å². The van der Waals surface area contributed by atoms with Gasteiger partial charge in [0, 0.05) is 26.3 Å². The molecule has 3 heterocycles. The molecule has 36 heavy (non-hydrogen) atoms. The van der Waals surface area contributed by atoms with E-state index >= 15 is 0 Å². The second-order valence-electron chi connectivity index (χ2n) is 8.43. The van der Waals surface area contributed by atoms with Crippen molar-refractivity contribution in [2.24, 2.45) is 0 Å². The summed E-state index contributed by atoms with van der Waals surface area (Å²) in [5.74, 6) is 0. The largest absolute Gasteiger partial charge is 0.417 e. The normalized spacial score (nSPS) is 16.9. The maximum absolute atomic E-state index is 13.1. The van der Waals surface area contributed by atoms with Crippen LogP contribution in [-0.2, 0) is 17.1 Å². The minimum Gasteiger partial charge on any atom is -0.356 e. The highest BCUT2D eigenvalue weighted by Crippen LogP contribution is 2.42. The van der Waals surface area contributed by atoms with Crippen LogP contribution >= 0.6 is 31.9 Å². The van der Waals surface area contributed by atoms with Crippen LogP contribution in [0.15, 0.2) is 33.5 Å². The fraction of sp³-hybridized carbons (Fsp3) is 0.391. The molecular formula is C23H20Br2F6N4O. The molecule has 0 aliphatic carbocycles. The van der Waals surface area contributed by atoms with Gasteiger partial charge in [-0.15, -0.1) is 0 Å². The van der Waals surface area contributed by atoms with Crippen molar-refractivity contribution in [3.8, 4) is 0 Å². The molecule has 5 nitrogen and oxygen atoms in total. The summed E-state index contributed by atoms with van der Waals surface area (Å²) in [7, 11) is 0. The van der Waals surface area contributed by atoms with Crippen molar-refractivity contribution in [2.45, 2.75) is 51.7 Å². The van der Waals surface area contributed by atoms with Crippen molar-refractivity contribution in [1.29, 1.82) is 0 Å². The molecule has 0 amide bonds. The number of nitrogens with zero attached hydrogens (tertiary/aromatic N) is 3. The Morgan fingerprint density at radius 1 is 0.917 bits per heavy atom. The van der Waals surface area contributed by atoms with Gasteiger partial charge in [-0.1, -0.05) is 0 Å². The molecule has 13 heteroatoms. The van der Waals surface area contributed by atoms with E-state index in [9.17, 15) is 26.3 Å². The molecule has 1 unspecified atom stereocenters. The summed E-state index contributed by atoms with van der Waals surface area (Å²) in [6, 6.07) is 2.98. The number of alkyl halides is 6. The van der Waals surface area contributed by atoms with E-state index in [2.05, 4.69) is 47.2 Å². The first-order valence-electron chi connectivity index (χ1n) is 10.8. The zero-order valence-electron chi connectivity index (χ0n) is 19.0. The van der Waals surface area contributed by atoms with E-state index < -0.39 is 23.5 Å². The molecule has 2 aromatic heterocycles. The van der Waals surface area contributed by atoms with Crippen molar-refractivity contribution in [1.82, 2.24) is 20.0 Å². The molecule has 1 fully saturated rings. The van der Waals surface area contributed by atoms with Gasteiger partial charge in [-0.05, 0) is 88.2 Å². The van der Waals surface area contributed by atoms with E-state index in [0.29, 0.717) is 28.4 Å². The molecular weight excluding hydrogens is 622 g/mol. The number of aromatic nitrogens is 4. The Bertz CT molecular complexity index is 1400. The number of hydrogen-bond acceptors (Lipinski definition) is 3. The minimum atomic E-state index is -4.39. The van der Waals surface area contributed by atoms with Gasteiger partial charge in [0.15, 0.2) is 6.23 Å². The highest BCUT2D eigenvalue weighted by atomic mass is 79.9. The topological polar surface area (TPSA) is 55.7 Å². The standard InChI is InChI=1S/C14H14BrF3N2O.C9H6BrF3N2/c1-8-6-10-9(13(15)12(8)14(16,17)18)7-19-20(10)11-4-2-3-5-21-11;1-4-2-6-5(3-14-15-6)8(10)7(4)9(11,12)13/h6-7,11H,2-5H2,1H3;2-3H,1H3,(H,14,15). The number of nitrogens with one attached hydrogen (secondary N) is 1. The molecule has 1 aliphatic heterocycles. The van der Waals surface area contributed by atoms with Crippen molar-refractivity contribution >= 4 is 53.7 Å². The molecule has 194 valence electrons. The average molecular weight is 642 g/mol. The van der Waals surface area contributed by atoms with Crippen LogP contribution in [0, 0.1) is 13.8 Å². The number of fused-ring (bicyclic) bond motifs is 2. The molecule has 1 saturated heterocycles. The SMILES string of the molecule is Cc1cc2[nH]ncc2c(Br)c1C(F)(F)F.Cc1cc2c(cnn2C2CCCCO2)c(Br)c1C(F)(F)F. The number of H-pyrrole nitrogens is 1. The number of aryl methyl sites for hydroxylation is 2. The molecule has 4 aromatic rings. The number of benzene rings is 2. The number of ether oxygens (including phenoxy) is 1. The van der Waals surface area contributed by atoms with Gasteiger partial charge >= 0.3 is 12.4 Å². The Balaban J connectivity index is 0.000000179. The Morgan fingerprint density at radius 3 is 2.11 bits per heavy atom. The summed E-state index contributed by atoms with van der Waals surface area (Å²) in [5, 5.41) is 11.5. The van der Waals surface area contributed by atoms with Crippen molar-refractivity contribution in [3.05, 3.63) is 55.7 Å². The molecule has 2 aromatic carbocycles. The van der Waals surface area contributed by atoms with Crippen molar-refractivity contribution < 1.29 is 31.1 Å². The Morgan fingerprint density at radius 2 is 1.53 bits per heavy atom. The van der Waals surface area contributed by atoms with Gasteiger partial charge in [-0.25, -0.2) is 4.68 Å². The second kappa shape index (κ2) is 9.97. The zero-order valence-corrected chi connectivity index (χ0v) is 22.2. The average Bonchev–Trinajstić information content (AvgIpc) is 3.40. The number of rotatable bonds is 1. The van der Waals surface area contributed by atoms with Gasteiger partial charge in [0.2, 0.25) is 0 Å². The predicted molar refractivity (Wildman–Crippen MR) is 130 cm³/mol. The summed E-state index contributed by atoms with van der Waals surface area (Å²) in [6.07, 6.45) is -3.23. The second-order valence-corrected chi connectivity index (χ2v) is 10.0. The molecule has 1 N–H and O–H groups in total. The van der Waals surface area contributed by atoms with Crippen LogP contribution in [0.4, 0.5) is 26.3 Å². The van der Waals surface area contributed by atoms with Crippen LogP contribution in [0.2, 0.25) is 0 Å². The first kappa shape index (κ1) is 26.9. The Kier molecular flexibility index (Phi) is 7.46. The summed E-state index contributed by atoms with van der Waals surface area (Å²) >= 11 is 6.06. The van der Waals surface area contributed by atoms with Gasteiger partial charge in [0.25, 0.3) is 0 Å². The fourth-order valence-corrected chi connectivity index (χ4v) is 5.99. The maximum Gasteiger partial charge on any atom is 0.417 e. The highest BCUT2D eigenvalue weighted by Gasteiger charge is 2.37. The molecule has 1 aliphatic rings. The van der Waals surface area contributed by atoms with Crippen LogP contribution in [0.5, 0.6) is 0 Å². The first-order valence-corrected chi connectivity index (χ1v) is 12.4. The minimum absolute atomic E-state index is 0.0405. The van der Waals surface area contributed by atoms with Gasteiger partial charge in [0.05, 0.1) is 34.6 Å². The zero-order chi connectivity index (χ0) is 26.4. The molecule has 1 atom stereocenters. The van der Waals surface area contributed by atoms with Gasteiger partial charge in [-0.3, -0.25) is 5.10 Å². The third kappa shape index (κ3) is 5.14. The van der Waals surface area contributed by atoms with Crippen molar-refractivity contribution in [2.75, 3.05) is 6.61 Å². The van der Waals surface area contributed by atoms with E-state index in [1.807, 2.05) is 0 Å². The lowest BCUT2D eigenvalue weighted by atomic mass is 10.1. The summed E-state index contributed by atoms with van der Waals surface area (Å²) < 4.78 is 84.8. The van der Waals surface area contributed by atoms with Gasteiger partial charge < -0.3 is 4.74 Å². The van der Waals surface area contributed by atoms with Crippen LogP contribution in [-0.4, -0.2) is 26.6 Å². The monoisotopic (exact) mass is 640 g/mol. The van der Waals surface area contributed by atoms with Crippen LogP contribution < -0.4 is 0 Å². The lowest BCUT2D eigenvalue weighted by Gasteiger charge is -2.24. The molecule has 0 radical (unpaired) electrons. The first-order chi connectivity index (χ1) is 16.8. The molecule has 5 rings (SSSR count). The number of hydrogen-bond donors (Lipinski definition) is 1. The van der Waals surface area contributed by atoms with E-state index in [-0.39, 0.29) is 26.3 Å². The maximum atomic E-state index is 13.1. The summed E-state index contributed by atoms with van der Waals surface area (Å²) in [4.78, 5) is 0. The third-order valence-corrected chi connectivity index (χ3v) is 7.56. The van der Waals surface area contributed by atoms with Gasteiger partial charge in [0.1, 0.15) is 0 Å². The quantitative estimate of drug-likeness (QED) is 0.212. The predicted octanol–water partition coefficient (Wildman–Crippen LogP) is 8.48. The van der Waals surface area contributed by atoms with E-state index in [1.54, 1.807) is 4.68 Å². The summed E-state index contributed by atoms with van der Waals surface area (Å²) in [5.41, 5.74) is 0.327. The molecule has 0 spiro atoms. The van der Waals surface area contributed by atoms with Gasteiger partial charge in [-0.2, -0.15) is 36.5 Å². The van der Waals surface area contributed by atoms with Crippen LogP contribution in [0.3, 0.4) is 0 Å². The Labute approximate surface area is 218 Å². The highest BCUT2D eigenvalue weighted by molar-refractivity contribution is 9.11. The van der Waals surface area contributed by atoms with E-state index in [0.717, 1.165) is 19.3 Å². The van der Waals surface area contributed by atoms with E-state index in [1.165, 1.54) is 38.4 Å². The van der Waals surface area contributed by atoms with Crippen LogP contribution in [0.25, 0.3) is 21.8 Å². The molecule has 0 bridgehead atoms. The molecule has 0 saturated carbocycles.